The number of hydrogen-bond donors (Lipinski definition) is 1. The van der Waals surface area contributed by atoms with Crippen molar-refractivity contribution in [3.8, 4) is 0 Å². The van der Waals surface area contributed by atoms with Crippen LogP contribution in [0.15, 0.2) is 18.2 Å². The Labute approximate surface area is 118 Å². The van der Waals surface area contributed by atoms with Crippen molar-refractivity contribution in [3.63, 3.8) is 0 Å². The van der Waals surface area contributed by atoms with Gasteiger partial charge in [0.2, 0.25) is 5.91 Å². The van der Waals surface area contributed by atoms with Gasteiger partial charge in [0.25, 0.3) is 0 Å². The minimum absolute atomic E-state index is 0.0570. The summed E-state index contributed by atoms with van der Waals surface area (Å²) in [4.78, 5) is 14.4. The monoisotopic (exact) mass is 278 g/mol. The minimum atomic E-state index is -0.0570. The Hall–Kier alpha value is -1.22. The van der Waals surface area contributed by atoms with Gasteiger partial charge in [-0.25, -0.2) is 0 Å². The summed E-state index contributed by atoms with van der Waals surface area (Å²) < 4.78 is 0. The molecule has 19 heavy (non-hydrogen) atoms. The van der Waals surface area contributed by atoms with Crippen molar-refractivity contribution in [2.75, 3.05) is 17.3 Å². The highest BCUT2D eigenvalue weighted by Gasteiger charge is 2.41. The summed E-state index contributed by atoms with van der Waals surface area (Å²) in [6.45, 7) is 0. The maximum atomic E-state index is 12.2. The van der Waals surface area contributed by atoms with Crippen LogP contribution >= 0.6 is 11.6 Å². The normalized spacial score (nSPS) is 21.8. The first-order valence-electron chi connectivity index (χ1n) is 6.95. The highest BCUT2D eigenvalue weighted by Crippen LogP contribution is 2.45. The van der Waals surface area contributed by atoms with E-state index in [0.29, 0.717) is 11.4 Å². The number of halogens is 1. The molecule has 1 N–H and O–H groups in total. The Morgan fingerprint density at radius 1 is 1.26 bits per heavy atom. The number of fused-ring (bicyclic) bond motifs is 1. The summed E-state index contributed by atoms with van der Waals surface area (Å²) in [5.41, 5.74) is 1.75. The number of amides is 1. The second-order valence-corrected chi connectivity index (χ2v) is 6.11. The van der Waals surface area contributed by atoms with Gasteiger partial charge in [-0.1, -0.05) is 36.9 Å². The summed E-state index contributed by atoms with van der Waals surface area (Å²) >= 11 is 6.37. The fourth-order valence-electron chi connectivity index (χ4n) is 3.53. The van der Waals surface area contributed by atoms with Gasteiger partial charge in [0.05, 0.1) is 22.8 Å². The van der Waals surface area contributed by atoms with E-state index in [1.165, 1.54) is 19.3 Å². The predicted molar refractivity (Wildman–Crippen MR) is 78.9 cm³/mol. The lowest BCUT2D eigenvalue weighted by atomic mass is 9.78. The zero-order chi connectivity index (χ0) is 13.5. The lowest BCUT2D eigenvalue weighted by Crippen LogP contribution is -2.49. The van der Waals surface area contributed by atoms with Crippen molar-refractivity contribution in [1.82, 2.24) is 0 Å². The van der Waals surface area contributed by atoms with Crippen LogP contribution in [0.3, 0.4) is 0 Å². The molecule has 3 nitrogen and oxygen atoms in total. The van der Waals surface area contributed by atoms with E-state index in [0.717, 1.165) is 24.2 Å². The number of anilines is 2. The van der Waals surface area contributed by atoms with Crippen molar-refractivity contribution < 1.29 is 4.79 Å². The first-order chi connectivity index (χ1) is 9.12. The predicted octanol–water partition coefficient (Wildman–Crippen LogP) is 3.82. The largest absolute Gasteiger partial charge is 0.366 e. The Kier molecular flexibility index (Phi) is 3.17. The number of rotatable bonds is 0. The Balaban J connectivity index is 2.10. The molecule has 1 aliphatic carbocycles. The van der Waals surface area contributed by atoms with Gasteiger partial charge in [0.15, 0.2) is 0 Å². The molecule has 0 radical (unpaired) electrons. The van der Waals surface area contributed by atoms with E-state index >= 15 is 0 Å². The van der Waals surface area contributed by atoms with Crippen LogP contribution in [-0.4, -0.2) is 18.5 Å². The summed E-state index contributed by atoms with van der Waals surface area (Å²) in [6, 6.07) is 5.70. The summed E-state index contributed by atoms with van der Waals surface area (Å²) in [5, 5.41) is 3.72. The van der Waals surface area contributed by atoms with Gasteiger partial charge < -0.3 is 10.2 Å². The van der Waals surface area contributed by atoms with Gasteiger partial charge in [-0.05, 0) is 25.0 Å². The molecule has 4 heteroatoms. The third kappa shape index (κ3) is 2.10. The lowest BCUT2D eigenvalue weighted by molar-refractivity contribution is -0.117. The van der Waals surface area contributed by atoms with Gasteiger partial charge in [-0.2, -0.15) is 0 Å². The zero-order valence-electron chi connectivity index (χ0n) is 11.2. The van der Waals surface area contributed by atoms with Crippen LogP contribution in [-0.2, 0) is 4.79 Å². The molecule has 1 heterocycles. The van der Waals surface area contributed by atoms with Crippen LogP contribution < -0.4 is 10.2 Å². The molecule has 1 spiro atoms. The SMILES string of the molecule is CN1c2c(Cl)cccc2NC(=O)CC12CCCCC2. The molecular weight excluding hydrogens is 260 g/mol. The van der Waals surface area contributed by atoms with E-state index in [1.54, 1.807) is 0 Å². The first-order valence-corrected chi connectivity index (χ1v) is 7.32. The number of nitrogens with one attached hydrogen (secondary N) is 1. The van der Waals surface area contributed by atoms with Gasteiger partial charge in [-0.15, -0.1) is 0 Å². The lowest BCUT2D eigenvalue weighted by Gasteiger charge is -2.44. The third-order valence-electron chi connectivity index (χ3n) is 4.58. The number of benzene rings is 1. The van der Waals surface area contributed by atoms with Crippen LogP contribution in [0.25, 0.3) is 0 Å². The van der Waals surface area contributed by atoms with Gasteiger partial charge in [0, 0.05) is 12.6 Å². The van der Waals surface area contributed by atoms with Crippen molar-refractivity contribution in [1.29, 1.82) is 0 Å². The van der Waals surface area contributed by atoms with Gasteiger partial charge >= 0.3 is 0 Å². The summed E-state index contributed by atoms with van der Waals surface area (Å²) in [5.74, 6) is 0.106. The fraction of sp³-hybridized carbons (Fsp3) is 0.533. The van der Waals surface area contributed by atoms with Gasteiger partial charge in [-0.3, -0.25) is 4.79 Å². The van der Waals surface area contributed by atoms with E-state index in [9.17, 15) is 4.79 Å². The van der Waals surface area contributed by atoms with E-state index < -0.39 is 0 Å². The fourth-order valence-corrected chi connectivity index (χ4v) is 3.83. The molecule has 0 aromatic heterocycles. The molecule has 1 amide bonds. The minimum Gasteiger partial charge on any atom is -0.366 e. The molecule has 2 aliphatic rings. The van der Waals surface area contributed by atoms with Gasteiger partial charge in [0.1, 0.15) is 0 Å². The van der Waals surface area contributed by atoms with Crippen molar-refractivity contribution in [2.45, 2.75) is 44.1 Å². The van der Waals surface area contributed by atoms with E-state index in [4.69, 9.17) is 11.6 Å². The molecule has 1 aromatic rings. The second kappa shape index (κ2) is 4.71. The van der Waals surface area contributed by atoms with Crippen LogP contribution in [0.5, 0.6) is 0 Å². The number of carbonyl (C=O) groups excluding carboxylic acids is 1. The molecule has 1 fully saturated rings. The second-order valence-electron chi connectivity index (χ2n) is 5.70. The molecule has 0 unspecified atom stereocenters. The summed E-state index contributed by atoms with van der Waals surface area (Å²) in [7, 11) is 2.08. The first kappa shape index (κ1) is 12.8. The number of para-hydroxylation sites is 1. The third-order valence-corrected chi connectivity index (χ3v) is 4.89. The maximum absolute atomic E-state index is 12.2. The molecule has 1 aliphatic heterocycles. The quantitative estimate of drug-likeness (QED) is 0.782. The van der Waals surface area contributed by atoms with E-state index in [2.05, 4.69) is 17.3 Å². The number of carbonyl (C=O) groups is 1. The molecule has 3 rings (SSSR count). The van der Waals surface area contributed by atoms with E-state index in [1.807, 2.05) is 18.2 Å². The molecule has 1 saturated carbocycles. The summed E-state index contributed by atoms with van der Waals surface area (Å²) in [6.07, 6.45) is 6.36. The van der Waals surface area contributed by atoms with Crippen LogP contribution in [0.4, 0.5) is 11.4 Å². The average Bonchev–Trinajstić information content (AvgIpc) is 2.48. The van der Waals surface area contributed by atoms with Crippen LogP contribution in [0.1, 0.15) is 38.5 Å². The smallest absolute Gasteiger partial charge is 0.226 e. The Bertz CT molecular complexity index is 509. The van der Waals surface area contributed by atoms with Crippen molar-refractivity contribution in [3.05, 3.63) is 23.2 Å². The molecule has 0 bridgehead atoms. The maximum Gasteiger partial charge on any atom is 0.226 e. The highest BCUT2D eigenvalue weighted by molar-refractivity contribution is 6.34. The van der Waals surface area contributed by atoms with Crippen molar-refractivity contribution in [2.24, 2.45) is 0 Å². The Morgan fingerprint density at radius 2 is 2.00 bits per heavy atom. The molecule has 0 saturated heterocycles. The topological polar surface area (TPSA) is 32.3 Å². The zero-order valence-corrected chi connectivity index (χ0v) is 12.0. The number of nitrogens with zero attached hydrogens (tertiary/aromatic N) is 1. The Morgan fingerprint density at radius 3 is 2.74 bits per heavy atom. The molecule has 1 aromatic carbocycles. The van der Waals surface area contributed by atoms with Crippen LogP contribution in [0, 0.1) is 0 Å². The average molecular weight is 279 g/mol. The van der Waals surface area contributed by atoms with Crippen LogP contribution in [0.2, 0.25) is 5.02 Å². The highest BCUT2D eigenvalue weighted by atomic mass is 35.5. The molecule has 102 valence electrons. The number of hydrogen-bond acceptors (Lipinski definition) is 2. The molecule has 0 atom stereocenters. The standard InChI is InChI=1S/C15H19ClN2O/c1-18-14-11(16)6-5-7-12(14)17-13(19)10-15(18)8-3-2-4-9-15/h5-7H,2-4,8-10H2,1H3,(H,17,19). The molecular formula is C15H19ClN2O. The van der Waals surface area contributed by atoms with Crippen molar-refractivity contribution >= 4 is 28.9 Å². The van der Waals surface area contributed by atoms with E-state index in [-0.39, 0.29) is 11.4 Å².